The Labute approximate surface area is 173 Å². The fraction of sp³-hybridized carbons (Fsp3) is 1.00. The molecule has 0 unspecified atom stereocenters. The molecule has 8 heteroatoms. The van der Waals surface area contributed by atoms with Crippen LogP contribution in [0, 0.1) is 10.8 Å². The van der Waals surface area contributed by atoms with Crippen molar-refractivity contribution in [1.29, 1.82) is 0 Å². The summed E-state index contributed by atoms with van der Waals surface area (Å²) < 4.78 is 61.9. The SMILES string of the molecule is CCC(CC)(C(C)(C)C(C)(C)[C@](C)(CC)S(=O)(=O)N1CCCCC1)S(=O)(=O)O. The lowest BCUT2D eigenvalue weighted by atomic mass is 9.54. The number of piperidine rings is 1. The molecule has 0 aromatic rings. The summed E-state index contributed by atoms with van der Waals surface area (Å²) in [6.07, 6.45) is 3.51. The van der Waals surface area contributed by atoms with Gasteiger partial charge in [0.1, 0.15) is 4.75 Å². The van der Waals surface area contributed by atoms with E-state index in [4.69, 9.17) is 0 Å². The van der Waals surface area contributed by atoms with Crippen LogP contribution in [0.15, 0.2) is 0 Å². The highest BCUT2D eigenvalue weighted by Crippen LogP contribution is 2.60. The van der Waals surface area contributed by atoms with Crippen molar-refractivity contribution < 1.29 is 21.4 Å². The summed E-state index contributed by atoms with van der Waals surface area (Å²) in [6.45, 7) is 15.4. The molecule has 1 rings (SSSR count). The first kappa shape index (κ1) is 25.9. The van der Waals surface area contributed by atoms with E-state index in [1.807, 2.05) is 20.8 Å². The van der Waals surface area contributed by atoms with Crippen LogP contribution in [0.5, 0.6) is 0 Å². The molecule has 1 fully saturated rings. The smallest absolute Gasteiger partial charge is 0.271 e. The second-order valence-electron chi connectivity index (χ2n) is 9.48. The van der Waals surface area contributed by atoms with Gasteiger partial charge in [-0.3, -0.25) is 4.55 Å². The molecule has 6 nitrogen and oxygen atoms in total. The van der Waals surface area contributed by atoms with Crippen LogP contribution >= 0.6 is 0 Å². The molecule has 0 aromatic heterocycles. The second-order valence-corrected chi connectivity index (χ2v) is 13.6. The zero-order chi connectivity index (χ0) is 22.2. The van der Waals surface area contributed by atoms with Gasteiger partial charge in [-0.2, -0.15) is 8.42 Å². The van der Waals surface area contributed by atoms with E-state index in [0.29, 0.717) is 19.5 Å². The van der Waals surface area contributed by atoms with Crippen LogP contribution in [0.25, 0.3) is 0 Å². The third-order valence-corrected chi connectivity index (χ3v) is 13.6. The fourth-order valence-corrected chi connectivity index (χ4v) is 9.59. The average Bonchev–Trinajstić information content (AvgIpc) is 2.61. The van der Waals surface area contributed by atoms with E-state index in [9.17, 15) is 21.4 Å². The van der Waals surface area contributed by atoms with Crippen molar-refractivity contribution in [2.75, 3.05) is 13.1 Å². The minimum absolute atomic E-state index is 0.211. The Morgan fingerprint density at radius 2 is 1.18 bits per heavy atom. The Bertz CT molecular complexity index is 745. The number of sulfonamides is 1. The highest BCUT2D eigenvalue weighted by atomic mass is 32.2. The number of hydrogen-bond donors (Lipinski definition) is 1. The van der Waals surface area contributed by atoms with Gasteiger partial charge in [-0.05, 0) is 49.9 Å². The van der Waals surface area contributed by atoms with Crippen LogP contribution in [0.1, 0.15) is 93.9 Å². The fourth-order valence-electron chi connectivity index (χ4n) is 5.39. The van der Waals surface area contributed by atoms with E-state index in [2.05, 4.69) is 0 Å². The van der Waals surface area contributed by atoms with Gasteiger partial charge >= 0.3 is 0 Å². The van der Waals surface area contributed by atoms with Crippen LogP contribution < -0.4 is 0 Å². The predicted molar refractivity (Wildman–Crippen MR) is 115 cm³/mol. The van der Waals surface area contributed by atoms with Crippen LogP contribution in [0.4, 0.5) is 0 Å². The van der Waals surface area contributed by atoms with Crippen molar-refractivity contribution in [3.05, 3.63) is 0 Å². The molecule has 0 radical (unpaired) electrons. The summed E-state index contributed by atoms with van der Waals surface area (Å²) in [5.41, 5.74) is -1.95. The van der Waals surface area contributed by atoms with Gasteiger partial charge in [0.2, 0.25) is 10.0 Å². The Kier molecular flexibility index (Phi) is 7.53. The monoisotopic (exact) mass is 439 g/mol. The summed E-state index contributed by atoms with van der Waals surface area (Å²) in [7, 11) is -8.09. The normalized spacial score (nSPS) is 20.8. The molecule has 168 valence electrons. The van der Waals surface area contributed by atoms with Crippen molar-refractivity contribution in [1.82, 2.24) is 4.31 Å². The van der Waals surface area contributed by atoms with E-state index in [1.54, 1.807) is 38.9 Å². The molecule has 28 heavy (non-hydrogen) atoms. The van der Waals surface area contributed by atoms with E-state index in [-0.39, 0.29) is 12.8 Å². The Morgan fingerprint density at radius 1 is 0.750 bits per heavy atom. The van der Waals surface area contributed by atoms with Gasteiger partial charge in [0.25, 0.3) is 10.1 Å². The molecule has 0 aromatic carbocycles. The maximum Gasteiger partial charge on any atom is 0.271 e. The summed E-state index contributed by atoms with van der Waals surface area (Å²) in [5, 5.41) is 0. The molecule has 0 saturated carbocycles. The maximum absolute atomic E-state index is 13.8. The predicted octanol–water partition coefficient (Wildman–Crippen LogP) is 4.47. The molecular formula is C20H41NO5S2. The first-order chi connectivity index (χ1) is 12.5. The van der Waals surface area contributed by atoms with Gasteiger partial charge in [0, 0.05) is 13.1 Å². The molecule has 1 aliphatic heterocycles. The summed E-state index contributed by atoms with van der Waals surface area (Å²) in [4.78, 5) is 0. The first-order valence-electron chi connectivity index (χ1n) is 10.5. The number of hydrogen-bond acceptors (Lipinski definition) is 4. The van der Waals surface area contributed by atoms with Crippen LogP contribution in [0.2, 0.25) is 0 Å². The van der Waals surface area contributed by atoms with Crippen molar-refractivity contribution in [3.8, 4) is 0 Å². The van der Waals surface area contributed by atoms with Crippen molar-refractivity contribution in [3.63, 3.8) is 0 Å². The van der Waals surface area contributed by atoms with Crippen LogP contribution in [0.3, 0.4) is 0 Å². The Morgan fingerprint density at radius 3 is 1.50 bits per heavy atom. The zero-order valence-corrected chi connectivity index (χ0v) is 20.6. The molecule has 0 bridgehead atoms. The highest BCUT2D eigenvalue weighted by molar-refractivity contribution is 7.90. The molecule has 1 atom stereocenters. The average molecular weight is 440 g/mol. The van der Waals surface area contributed by atoms with Gasteiger partial charge in [0.05, 0.1) is 4.75 Å². The molecule has 1 aliphatic rings. The molecule has 1 heterocycles. The third kappa shape index (κ3) is 3.46. The summed E-state index contributed by atoms with van der Waals surface area (Å²) >= 11 is 0. The minimum Gasteiger partial charge on any atom is -0.285 e. The quantitative estimate of drug-likeness (QED) is 0.535. The van der Waals surface area contributed by atoms with Crippen molar-refractivity contribution in [2.24, 2.45) is 10.8 Å². The number of nitrogens with zero attached hydrogens (tertiary/aromatic N) is 1. The second kappa shape index (κ2) is 8.16. The van der Waals surface area contributed by atoms with Crippen molar-refractivity contribution in [2.45, 2.75) is 103 Å². The first-order valence-corrected chi connectivity index (χ1v) is 13.4. The van der Waals surface area contributed by atoms with Crippen LogP contribution in [-0.2, 0) is 20.1 Å². The Hall–Kier alpha value is -0.180. The highest BCUT2D eigenvalue weighted by Gasteiger charge is 2.66. The topological polar surface area (TPSA) is 91.8 Å². The van der Waals surface area contributed by atoms with Gasteiger partial charge in [-0.1, -0.05) is 54.9 Å². The molecule has 0 amide bonds. The molecule has 1 N–H and O–H groups in total. The Balaban J connectivity index is 3.70. The maximum atomic E-state index is 13.8. The molecule has 0 aliphatic carbocycles. The number of rotatable bonds is 9. The standard InChI is InChI=1S/C20H41NO5S2/c1-9-19(8,27(22,23)21-15-13-12-14-16-21)17(4,5)18(6,7)20(10-2,11-3)28(24,25)26/h9-16H2,1-8H3,(H,24,25,26)/t19-/m0/s1. The van der Waals surface area contributed by atoms with E-state index < -0.39 is 40.5 Å². The lowest BCUT2D eigenvalue weighted by Gasteiger charge is -2.59. The van der Waals surface area contributed by atoms with Gasteiger partial charge < -0.3 is 0 Å². The zero-order valence-electron chi connectivity index (χ0n) is 19.0. The minimum atomic E-state index is -4.41. The van der Waals surface area contributed by atoms with E-state index >= 15 is 0 Å². The largest absolute Gasteiger partial charge is 0.285 e. The molecule has 0 spiro atoms. The lowest BCUT2D eigenvalue weighted by Crippen LogP contribution is -2.66. The molecule has 1 saturated heterocycles. The lowest BCUT2D eigenvalue weighted by molar-refractivity contribution is 0.00881. The van der Waals surface area contributed by atoms with Gasteiger partial charge in [-0.15, -0.1) is 0 Å². The van der Waals surface area contributed by atoms with Gasteiger partial charge in [0.15, 0.2) is 0 Å². The molecular weight excluding hydrogens is 398 g/mol. The van der Waals surface area contributed by atoms with Gasteiger partial charge in [-0.25, -0.2) is 12.7 Å². The third-order valence-electron chi connectivity index (χ3n) is 8.56. The van der Waals surface area contributed by atoms with E-state index in [0.717, 1.165) is 19.3 Å². The van der Waals surface area contributed by atoms with E-state index in [1.165, 1.54) is 0 Å². The van der Waals surface area contributed by atoms with Crippen molar-refractivity contribution >= 4 is 20.1 Å². The van der Waals surface area contributed by atoms with Crippen LogP contribution in [-0.4, -0.2) is 48.3 Å². The summed E-state index contributed by atoms with van der Waals surface area (Å²) in [5.74, 6) is 0. The summed E-state index contributed by atoms with van der Waals surface area (Å²) in [6, 6.07) is 0.